The molecule has 1 aromatic heterocycles. The smallest absolute Gasteiger partial charge is 0.110 e. The van der Waals surface area contributed by atoms with Crippen molar-refractivity contribution in [1.29, 1.82) is 0 Å². The fourth-order valence-corrected chi connectivity index (χ4v) is 2.33. The normalized spacial score (nSPS) is 24.8. The largest absolute Gasteiger partial charge is 0.377 e. The molecule has 3 heterocycles. The number of ether oxygens (including phenoxy) is 2. The van der Waals surface area contributed by atoms with Gasteiger partial charge in [-0.15, -0.1) is 0 Å². The van der Waals surface area contributed by atoms with Gasteiger partial charge in [0.05, 0.1) is 38.4 Å². The summed E-state index contributed by atoms with van der Waals surface area (Å²) in [7, 11) is 0. The number of hydrogen-bond donors (Lipinski definition) is 2. The fourth-order valence-electron chi connectivity index (χ4n) is 2.33. The van der Waals surface area contributed by atoms with Gasteiger partial charge < -0.3 is 19.8 Å². The second kappa shape index (κ2) is 3.59. The highest BCUT2D eigenvalue weighted by Gasteiger charge is 2.40. The maximum Gasteiger partial charge on any atom is 0.110 e. The molecule has 0 radical (unpaired) electrons. The minimum atomic E-state index is -0.232. The maximum atomic E-state index is 5.57. The molecule has 1 spiro atoms. The van der Waals surface area contributed by atoms with Gasteiger partial charge in [-0.25, -0.2) is 4.98 Å². The van der Waals surface area contributed by atoms with E-state index < -0.39 is 0 Å². The molecule has 0 atom stereocenters. The van der Waals surface area contributed by atoms with Gasteiger partial charge in [0.15, 0.2) is 0 Å². The van der Waals surface area contributed by atoms with E-state index in [4.69, 9.17) is 9.47 Å². The predicted octanol–water partition coefficient (Wildman–Crippen LogP) is -0.202. The van der Waals surface area contributed by atoms with E-state index in [9.17, 15) is 0 Å². The van der Waals surface area contributed by atoms with Crippen molar-refractivity contribution >= 4 is 0 Å². The molecule has 2 aliphatic rings. The summed E-state index contributed by atoms with van der Waals surface area (Å²) in [6.07, 6.45) is 2.75. The van der Waals surface area contributed by atoms with E-state index >= 15 is 0 Å². The van der Waals surface area contributed by atoms with Crippen LogP contribution < -0.4 is 5.32 Å². The van der Waals surface area contributed by atoms with E-state index in [0.717, 1.165) is 18.7 Å². The third-order valence-electron chi connectivity index (χ3n) is 3.08. The lowest BCUT2D eigenvalue weighted by Crippen LogP contribution is -2.53. The molecule has 3 rings (SSSR count). The number of nitrogens with zero attached hydrogens (tertiary/aromatic N) is 1. The molecule has 5 nitrogen and oxygen atoms in total. The Morgan fingerprint density at radius 2 is 2.07 bits per heavy atom. The van der Waals surface area contributed by atoms with Crippen molar-refractivity contribution in [2.24, 2.45) is 0 Å². The van der Waals surface area contributed by atoms with Gasteiger partial charge in [0, 0.05) is 18.7 Å². The molecule has 2 N–H and O–H groups in total. The molecule has 1 saturated heterocycles. The van der Waals surface area contributed by atoms with Crippen LogP contribution in [0.5, 0.6) is 0 Å². The highest BCUT2D eigenvalue weighted by Crippen LogP contribution is 2.28. The molecular formula is C10H15N3O2. The Bertz CT molecular complexity index is 342. The summed E-state index contributed by atoms with van der Waals surface area (Å²) >= 11 is 0. The third kappa shape index (κ3) is 1.47. The summed E-state index contributed by atoms with van der Waals surface area (Å²) in [5.41, 5.74) is 2.04. The van der Waals surface area contributed by atoms with Crippen molar-refractivity contribution in [2.75, 3.05) is 33.0 Å². The van der Waals surface area contributed by atoms with E-state index in [0.29, 0.717) is 26.4 Å². The SMILES string of the molecule is c1nc2c([nH]1)CCNC21COCCOC1. The molecule has 5 heteroatoms. The summed E-state index contributed by atoms with van der Waals surface area (Å²) in [6, 6.07) is 0. The van der Waals surface area contributed by atoms with Crippen molar-refractivity contribution in [3.05, 3.63) is 17.7 Å². The Balaban J connectivity index is 1.98. The third-order valence-corrected chi connectivity index (χ3v) is 3.08. The summed E-state index contributed by atoms with van der Waals surface area (Å²) < 4.78 is 11.1. The lowest BCUT2D eigenvalue weighted by atomic mass is 9.91. The summed E-state index contributed by atoms with van der Waals surface area (Å²) in [5, 5.41) is 3.48. The lowest BCUT2D eigenvalue weighted by Gasteiger charge is -2.35. The molecule has 0 aliphatic carbocycles. The van der Waals surface area contributed by atoms with Crippen LogP contribution >= 0.6 is 0 Å². The molecule has 0 saturated carbocycles. The van der Waals surface area contributed by atoms with Crippen LogP contribution in [0, 0.1) is 0 Å². The van der Waals surface area contributed by atoms with Gasteiger partial charge in [-0.3, -0.25) is 0 Å². The van der Waals surface area contributed by atoms with Gasteiger partial charge >= 0.3 is 0 Å². The Labute approximate surface area is 88.2 Å². The zero-order valence-corrected chi connectivity index (χ0v) is 8.58. The van der Waals surface area contributed by atoms with E-state index in [1.165, 1.54) is 5.69 Å². The van der Waals surface area contributed by atoms with Crippen LogP contribution in [0.3, 0.4) is 0 Å². The van der Waals surface area contributed by atoms with E-state index in [2.05, 4.69) is 15.3 Å². The van der Waals surface area contributed by atoms with Crippen LogP contribution in [0.4, 0.5) is 0 Å². The van der Waals surface area contributed by atoms with E-state index in [-0.39, 0.29) is 5.54 Å². The minimum absolute atomic E-state index is 0.232. The Morgan fingerprint density at radius 3 is 2.87 bits per heavy atom. The summed E-state index contributed by atoms with van der Waals surface area (Å²) in [6.45, 7) is 3.57. The first-order valence-corrected chi connectivity index (χ1v) is 5.34. The number of H-pyrrole nitrogens is 1. The second-order valence-electron chi connectivity index (χ2n) is 4.09. The number of aromatic nitrogens is 2. The van der Waals surface area contributed by atoms with Crippen molar-refractivity contribution in [3.63, 3.8) is 0 Å². The summed E-state index contributed by atoms with van der Waals surface area (Å²) in [5.74, 6) is 0. The van der Waals surface area contributed by atoms with Gasteiger partial charge in [-0.1, -0.05) is 0 Å². The molecular weight excluding hydrogens is 194 g/mol. The lowest BCUT2D eigenvalue weighted by molar-refractivity contribution is 0.0771. The quantitative estimate of drug-likeness (QED) is 0.621. The zero-order valence-electron chi connectivity index (χ0n) is 8.58. The summed E-state index contributed by atoms with van der Waals surface area (Å²) in [4.78, 5) is 7.58. The van der Waals surface area contributed by atoms with Crippen LogP contribution in [0.25, 0.3) is 0 Å². The van der Waals surface area contributed by atoms with Crippen molar-refractivity contribution < 1.29 is 9.47 Å². The Morgan fingerprint density at radius 1 is 1.27 bits per heavy atom. The van der Waals surface area contributed by atoms with Crippen molar-refractivity contribution in [2.45, 2.75) is 12.0 Å². The monoisotopic (exact) mass is 209 g/mol. The first kappa shape index (κ1) is 9.33. The van der Waals surface area contributed by atoms with Gasteiger partial charge in [0.25, 0.3) is 0 Å². The highest BCUT2D eigenvalue weighted by atomic mass is 16.5. The molecule has 1 aromatic rings. The number of aromatic amines is 1. The molecule has 15 heavy (non-hydrogen) atoms. The number of imidazole rings is 1. The van der Waals surface area contributed by atoms with Crippen molar-refractivity contribution in [1.82, 2.24) is 15.3 Å². The average Bonchev–Trinajstić information content (AvgIpc) is 2.62. The van der Waals surface area contributed by atoms with Gasteiger partial charge in [0.1, 0.15) is 5.54 Å². The zero-order chi connectivity index (χ0) is 10.1. The molecule has 0 amide bonds. The van der Waals surface area contributed by atoms with Crippen LogP contribution in [-0.4, -0.2) is 42.9 Å². The number of fused-ring (bicyclic) bond motifs is 2. The van der Waals surface area contributed by atoms with Crippen LogP contribution in [0.1, 0.15) is 11.4 Å². The van der Waals surface area contributed by atoms with Gasteiger partial charge in [-0.2, -0.15) is 0 Å². The Hall–Kier alpha value is -0.910. The highest BCUT2D eigenvalue weighted by molar-refractivity contribution is 5.25. The van der Waals surface area contributed by atoms with E-state index in [1.54, 1.807) is 6.33 Å². The van der Waals surface area contributed by atoms with E-state index in [1.807, 2.05) is 0 Å². The molecule has 82 valence electrons. The molecule has 0 bridgehead atoms. The number of rotatable bonds is 0. The number of nitrogens with one attached hydrogen (secondary N) is 2. The first-order valence-electron chi connectivity index (χ1n) is 5.34. The van der Waals surface area contributed by atoms with Gasteiger partial charge in [0.2, 0.25) is 0 Å². The molecule has 2 aliphatic heterocycles. The molecule has 1 fully saturated rings. The average molecular weight is 209 g/mol. The van der Waals surface area contributed by atoms with Crippen LogP contribution in [0.15, 0.2) is 6.33 Å². The van der Waals surface area contributed by atoms with Crippen LogP contribution in [0.2, 0.25) is 0 Å². The maximum absolute atomic E-state index is 5.57. The predicted molar refractivity (Wildman–Crippen MR) is 53.6 cm³/mol. The molecule has 0 unspecified atom stereocenters. The van der Waals surface area contributed by atoms with Crippen LogP contribution in [-0.2, 0) is 21.4 Å². The minimum Gasteiger partial charge on any atom is -0.377 e. The number of hydrogen-bond acceptors (Lipinski definition) is 4. The van der Waals surface area contributed by atoms with Crippen molar-refractivity contribution in [3.8, 4) is 0 Å². The molecule has 0 aromatic carbocycles. The Kier molecular flexibility index (Phi) is 2.23. The fraction of sp³-hybridized carbons (Fsp3) is 0.700. The standard InChI is InChI=1S/C10H15N3O2/c1-2-13-10(5-14-3-4-15-6-10)9-8(1)11-7-12-9/h7,13H,1-6H2,(H,11,12). The topological polar surface area (TPSA) is 59.2 Å². The first-order chi connectivity index (χ1) is 7.41. The van der Waals surface area contributed by atoms with Gasteiger partial charge in [-0.05, 0) is 0 Å². The second-order valence-corrected chi connectivity index (χ2v) is 4.09.